The molecule has 0 aliphatic carbocycles. The molecule has 6 heteroatoms. The topological polar surface area (TPSA) is 67.6 Å². The number of hydrogen-bond donors (Lipinski definition) is 2. The van der Waals surface area contributed by atoms with Crippen molar-refractivity contribution in [2.75, 3.05) is 25.6 Å². The fourth-order valence-corrected chi connectivity index (χ4v) is 1.71. The van der Waals surface area contributed by atoms with Crippen molar-refractivity contribution in [2.45, 2.75) is 19.4 Å². The van der Waals surface area contributed by atoms with Gasteiger partial charge in [-0.1, -0.05) is 5.59 Å². The minimum absolute atomic E-state index is 0.337. The summed E-state index contributed by atoms with van der Waals surface area (Å²) < 4.78 is 0. The lowest BCUT2D eigenvalue weighted by Gasteiger charge is -2.23. The van der Waals surface area contributed by atoms with Crippen LogP contribution in [-0.2, 0) is 9.63 Å². The molecule has 0 heterocycles. The lowest BCUT2D eigenvalue weighted by Crippen LogP contribution is -2.34. The lowest BCUT2D eigenvalue weighted by molar-refractivity contribution is -0.151. The fraction of sp³-hybridized carbons (Fsp3) is 0.875. The van der Waals surface area contributed by atoms with Gasteiger partial charge < -0.3 is 9.74 Å². The summed E-state index contributed by atoms with van der Waals surface area (Å²) in [5.41, 5.74) is 1.87. The standard InChI is InChI=1S/C8H19N3O2S/c1-7(6-14-3)11(2)5-4-8(12)13-10-9/h7,10H,4-6,9H2,1-3H3. The Morgan fingerprint density at radius 3 is 2.86 bits per heavy atom. The van der Waals surface area contributed by atoms with E-state index in [9.17, 15) is 4.79 Å². The van der Waals surface area contributed by atoms with E-state index >= 15 is 0 Å². The molecule has 84 valence electrons. The number of thioether (sulfide) groups is 1. The number of hydrazine groups is 1. The van der Waals surface area contributed by atoms with Crippen LogP contribution in [0.1, 0.15) is 13.3 Å². The van der Waals surface area contributed by atoms with E-state index in [0.29, 0.717) is 19.0 Å². The normalized spacial score (nSPS) is 12.9. The largest absolute Gasteiger partial charge is 0.356 e. The van der Waals surface area contributed by atoms with Crippen LogP contribution in [0.2, 0.25) is 0 Å². The molecule has 0 aromatic heterocycles. The smallest absolute Gasteiger partial charge is 0.327 e. The van der Waals surface area contributed by atoms with Gasteiger partial charge in [0, 0.05) is 18.3 Å². The van der Waals surface area contributed by atoms with Crippen molar-refractivity contribution >= 4 is 17.7 Å². The van der Waals surface area contributed by atoms with Crippen LogP contribution in [0.5, 0.6) is 0 Å². The van der Waals surface area contributed by atoms with Gasteiger partial charge in [-0.3, -0.25) is 4.79 Å². The van der Waals surface area contributed by atoms with Crippen LogP contribution in [0.15, 0.2) is 0 Å². The predicted octanol–water partition coefficient (Wildman–Crippen LogP) is -0.0187. The molecule has 0 saturated heterocycles. The van der Waals surface area contributed by atoms with Crippen molar-refractivity contribution < 1.29 is 9.63 Å². The molecule has 5 nitrogen and oxygen atoms in total. The number of nitrogens with two attached hydrogens (primary N) is 1. The van der Waals surface area contributed by atoms with Gasteiger partial charge in [0.15, 0.2) is 0 Å². The van der Waals surface area contributed by atoms with Crippen molar-refractivity contribution in [3.63, 3.8) is 0 Å². The van der Waals surface area contributed by atoms with Gasteiger partial charge in [-0.2, -0.15) is 11.8 Å². The Balaban J connectivity index is 3.61. The van der Waals surface area contributed by atoms with Gasteiger partial charge in [-0.25, -0.2) is 5.84 Å². The predicted molar refractivity (Wildman–Crippen MR) is 58.5 cm³/mol. The Hall–Kier alpha value is -0.300. The Kier molecular flexibility index (Phi) is 7.87. The summed E-state index contributed by atoms with van der Waals surface area (Å²) in [5, 5.41) is 0. The Morgan fingerprint density at radius 1 is 1.71 bits per heavy atom. The minimum Gasteiger partial charge on any atom is -0.356 e. The van der Waals surface area contributed by atoms with Gasteiger partial charge in [-0.05, 0) is 20.2 Å². The van der Waals surface area contributed by atoms with Crippen LogP contribution in [-0.4, -0.2) is 42.5 Å². The molecule has 0 aromatic carbocycles. The highest BCUT2D eigenvalue weighted by Crippen LogP contribution is 2.04. The maximum Gasteiger partial charge on any atom is 0.327 e. The van der Waals surface area contributed by atoms with E-state index in [2.05, 4.69) is 22.9 Å². The van der Waals surface area contributed by atoms with Crippen molar-refractivity contribution in [3.8, 4) is 0 Å². The molecule has 0 bridgehead atoms. The monoisotopic (exact) mass is 221 g/mol. The Bertz CT molecular complexity index is 169. The molecule has 0 radical (unpaired) electrons. The summed E-state index contributed by atoms with van der Waals surface area (Å²) in [6, 6.07) is 0.462. The van der Waals surface area contributed by atoms with E-state index < -0.39 is 0 Å². The van der Waals surface area contributed by atoms with Gasteiger partial charge >= 0.3 is 5.97 Å². The molecule has 0 amide bonds. The second-order valence-corrected chi connectivity index (χ2v) is 4.04. The lowest BCUT2D eigenvalue weighted by atomic mass is 10.3. The average Bonchev–Trinajstić information content (AvgIpc) is 2.15. The molecule has 3 N–H and O–H groups in total. The van der Waals surface area contributed by atoms with E-state index in [-0.39, 0.29) is 5.97 Å². The van der Waals surface area contributed by atoms with Gasteiger partial charge in [0.05, 0.1) is 6.42 Å². The van der Waals surface area contributed by atoms with E-state index in [1.165, 1.54) is 0 Å². The molecule has 0 spiro atoms. The summed E-state index contributed by atoms with van der Waals surface area (Å²) in [5.74, 6) is 5.55. The van der Waals surface area contributed by atoms with Crippen LogP contribution in [0, 0.1) is 0 Å². The first-order chi connectivity index (χ1) is 6.61. The maximum absolute atomic E-state index is 10.9. The number of carbonyl (C=O) groups excluding carboxylic acids is 1. The molecule has 0 aliphatic heterocycles. The summed E-state index contributed by atoms with van der Waals surface area (Å²) >= 11 is 1.79. The first kappa shape index (κ1) is 13.7. The summed E-state index contributed by atoms with van der Waals surface area (Å²) in [6.07, 6.45) is 2.41. The number of carbonyl (C=O) groups is 1. The molecule has 14 heavy (non-hydrogen) atoms. The molecule has 0 rings (SSSR count). The molecule has 0 aromatic rings. The summed E-state index contributed by atoms with van der Waals surface area (Å²) in [6.45, 7) is 2.81. The van der Waals surface area contributed by atoms with Crippen molar-refractivity contribution in [3.05, 3.63) is 0 Å². The number of nitrogens with zero attached hydrogens (tertiary/aromatic N) is 1. The highest BCUT2D eigenvalue weighted by molar-refractivity contribution is 7.98. The fourth-order valence-electron chi connectivity index (χ4n) is 0.973. The summed E-state index contributed by atoms with van der Waals surface area (Å²) in [7, 11) is 1.99. The second-order valence-electron chi connectivity index (χ2n) is 3.13. The molecule has 1 unspecified atom stereocenters. The highest BCUT2D eigenvalue weighted by atomic mass is 32.2. The SMILES string of the molecule is CSCC(C)N(C)CCC(=O)ONN. The van der Waals surface area contributed by atoms with Crippen LogP contribution in [0.4, 0.5) is 0 Å². The Morgan fingerprint density at radius 2 is 2.36 bits per heavy atom. The van der Waals surface area contributed by atoms with E-state index in [0.717, 1.165) is 5.75 Å². The first-order valence-electron chi connectivity index (χ1n) is 4.46. The van der Waals surface area contributed by atoms with E-state index in [1.54, 1.807) is 11.8 Å². The third-order valence-electron chi connectivity index (χ3n) is 2.00. The van der Waals surface area contributed by atoms with Crippen LogP contribution in [0.3, 0.4) is 0 Å². The summed E-state index contributed by atoms with van der Waals surface area (Å²) in [4.78, 5) is 17.4. The number of rotatable bonds is 7. The van der Waals surface area contributed by atoms with Gasteiger partial charge in [0.25, 0.3) is 0 Å². The van der Waals surface area contributed by atoms with Crippen LogP contribution >= 0.6 is 11.8 Å². The molecular weight excluding hydrogens is 202 g/mol. The quantitative estimate of drug-likeness (QED) is 0.465. The molecule has 0 saturated carbocycles. The van der Waals surface area contributed by atoms with E-state index in [1.807, 2.05) is 12.6 Å². The second kappa shape index (κ2) is 8.05. The van der Waals surface area contributed by atoms with Gasteiger partial charge in [0.1, 0.15) is 0 Å². The minimum atomic E-state index is -0.337. The maximum atomic E-state index is 10.9. The molecule has 0 aliphatic rings. The Labute approximate surface area is 89.3 Å². The van der Waals surface area contributed by atoms with Crippen molar-refractivity contribution in [1.29, 1.82) is 0 Å². The highest BCUT2D eigenvalue weighted by Gasteiger charge is 2.10. The van der Waals surface area contributed by atoms with Gasteiger partial charge in [0.2, 0.25) is 0 Å². The molecular formula is C8H19N3O2S. The van der Waals surface area contributed by atoms with Crippen molar-refractivity contribution in [1.82, 2.24) is 10.5 Å². The number of nitrogens with one attached hydrogen (secondary N) is 1. The van der Waals surface area contributed by atoms with Crippen LogP contribution < -0.4 is 11.4 Å². The molecule has 0 fully saturated rings. The van der Waals surface area contributed by atoms with Crippen LogP contribution in [0.25, 0.3) is 0 Å². The first-order valence-corrected chi connectivity index (χ1v) is 5.85. The van der Waals surface area contributed by atoms with Gasteiger partial charge in [-0.15, -0.1) is 0 Å². The van der Waals surface area contributed by atoms with E-state index in [4.69, 9.17) is 5.84 Å². The third kappa shape index (κ3) is 6.20. The zero-order valence-corrected chi connectivity index (χ0v) is 9.76. The third-order valence-corrected chi connectivity index (χ3v) is 2.82. The molecule has 1 atom stereocenters. The zero-order valence-electron chi connectivity index (χ0n) is 8.95. The zero-order chi connectivity index (χ0) is 11.0. The average molecular weight is 221 g/mol. The van der Waals surface area contributed by atoms with Crippen molar-refractivity contribution in [2.24, 2.45) is 5.84 Å². The number of hydrogen-bond acceptors (Lipinski definition) is 6.